The highest BCUT2D eigenvalue weighted by Gasteiger charge is 2.12. The summed E-state index contributed by atoms with van der Waals surface area (Å²) in [5.41, 5.74) is 3.92. The highest BCUT2D eigenvalue weighted by atomic mass is 127. The van der Waals surface area contributed by atoms with Crippen LogP contribution in [0.25, 0.3) is 0 Å². The number of guanidine groups is 1. The van der Waals surface area contributed by atoms with Crippen molar-refractivity contribution in [3.05, 3.63) is 65.2 Å². The maximum Gasteiger partial charge on any atom is 0.191 e. The molecule has 0 spiro atoms. The Morgan fingerprint density at radius 3 is 2.59 bits per heavy atom. The molecule has 6 nitrogen and oxygen atoms in total. The van der Waals surface area contributed by atoms with Gasteiger partial charge in [0.1, 0.15) is 5.75 Å². The number of benzene rings is 2. The Labute approximate surface area is 209 Å². The van der Waals surface area contributed by atoms with Crippen molar-refractivity contribution in [1.82, 2.24) is 15.5 Å². The normalized spacial score (nSPS) is 14.5. The first-order valence-electron chi connectivity index (χ1n) is 11.3. The fourth-order valence-corrected chi connectivity index (χ4v) is 3.62. The molecule has 0 unspecified atom stereocenters. The molecule has 176 valence electrons. The van der Waals surface area contributed by atoms with Crippen LogP contribution >= 0.6 is 24.0 Å². The number of halogens is 1. The van der Waals surface area contributed by atoms with E-state index in [1.807, 2.05) is 13.1 Å². The third-order valence-corrected chi connectivity index (χ3v) is 5.36. The molecule has 0 atom stereocenters. The van der Waals surface area contributed by atoms with Crippen molar-refractivity contribution in [3.8, 4) is 5.75 Å². The lowest BCUT2D eigenvalue weighted by Crippen LogP contribution is -2.38. The van der Waals surface area contributed by atoms with E-state index in [1.54, 1.807) is 0 Å². The molecular formula is C25H37IN4O2. The Balaban J connectivity index is 0.00000363. The molecule has 3 rings (SSSR count). The van der Waals surface area contributed by atoms with Crippen molar-refractivity contribution in [1.29, 1.82) is 0 Å². The summed E-state index contributed by atoms with van der Waals surface area (Å²) in [5, 5.41) is 6.88. The molecule has 32 heavy (non-hydrogen) atoms. The molecule has 2 N–H and O–H groups in total. The van der Waals surface area contributed by atoms with Crippen LogP contribution in [0.5, 0.6) is 5.75 Å². The van der Waals surface area contributed by atoms with Crippen LogP contribution in [-0.2, 0) is 24.2 Å². The number of aliphatic imine (C=N–C) groups is 1. The Bertz CT molecular complexity index is 825. The highest BCUT2D eigenvalue weighted by Crippen LogP contribution is 2.14. The summed E-state index contributed by atoms with van der Waals surface area (Å²) in [6, 6.07) is 17.0. The van der Waals surface area contributed by atoms with Crippen LogP contribution in [-0.4, -0.2) is 57.4 Å². The van der Waals surface area contributed by atoms with Crippen molar-refractivity contribution < 1.29 is 9.47 Å². The summed E-state index contributed by atoms with van der Waals surface area (Å²) in [4.78, 5) is 6.83. The number of ether oxygens (including phenoxy) is 2. The second-order valence-corrected chi connectivity index (χ2v) is 7.76. The Kier molecular flexibility index (Phi) is 12.4. The summed E-state index contributed by atoms with van der Waals surface area (Å²) in [7, 11) is 1.81. The van der Waals surface area contributed by atoms with Crippen LogP contribution in [0.3, 0.4) is 0 Å². The van der Waals surface area contributed by atoms with Gasteiger partial charge in [-0.3, -0.25) is 9.89 Å². The first-order valence-corrected chi connectivity index (χ1v) is 11.3. The number of morpholine rings is 1. The number of nitrogens with one attached hydrogen (secondary N) is 2. The molecule has 0 bridgehead atoms. The molecule has 1 fully saturated rings. The van der Waals surface area contributed by atoms with Gasteiger partial charge in [-0.2, -0.15) is 0 Å². The van der Waals surface area contributed by atoms with Crippen molar-refractivity contribution in [2.45, 2.75) is 32.9 Å². The van der Waals surface area contributed by atoms with Gasteiger partial charge >= 0.3 is 0 Å². The van der Waals surface area contributed by atoms with E-state index in [0.717, 1.165) is 77.1 Å². The van der Waals surface area contributed by atoms with E-state index in [0.29, 0.717) is 0 Å². The molecule has 2 aromatic rings. The van der Waals surface area contributed by atoms with Crippen molar-refractivity contribution >= 4 is 29.9 Å². The molecular weight excluding hydrogens is 515 g/mol. The van der Waals surface area contributed by atoms with E-state index in [1.165, 1.54) is 16.7 Å². The molecule has 0 radical (unpaired) electrons. The highest BCUT2D eigenvalue weighted by molar-refractivity contribution is 14.0. The zero-order chi connectivity index (χ0) is 21.7. The number of hydrogen-bond donors (Lipinski definition) is 2. The van der Waals surface area contributed by atoms with Crippen LogP contribution in [0.1, 0.15) is 30.0 Å². The minimum absolute atomic E-state index is 0. The van der Waals surface area contributed by atoms with Gasteiger partial charge in [-0.15, -0.1) is 24.0 Å². The average Bonchev–Trinajstić information content (AvgIpc) is 2.82. The largest absolute Gasteiger partial charge is 0.494 e. The van der Waals surface area contributed by atoms with E-state index < -0.39 is 0 Å². The van der Waals surface area contributed by atoms with Crippen molar-refractivity contribution in [2.24, 2.45) is 4.99 Å². The van der Waals surface area contributed by atoms with E-state index in [-0.39, 0.29) is 24.0 Å². The minimum atomic E-state index is 0. The van der Waals surface area contributed by atoms with Gasteiger partial charge in [0.05, 0.1) is 19.8 Å². The zero-order valence-electron chi connectivity index (χ0n) is 19.3. The van der Waals surface area contributed by atoms with E-state index >= 15 is 0 Å². The number of hydrogen-bond acceptors (Lipinski definition) is 4. The number of nitrogens with zero attached hydrogens (tertiary/aromatic N) is 2. The predicted molar refractivity (Wildman–Crippen MR) is 142 cm³/mol. The minimum Gasteiger partial charge on any atom is -0.494 e. The Hall–Kier alpha value is -1.84. The average molecular weight is 553 g/mol. The summed E-state index contributed by atoms with van der Waals surface area (Å²) in [6.45, 7) is 9.04. The van der Waals surface area contributed by atoms with Crippen LogP contribution < -0.4 is 15.4 Å². The van der Waals surface area contributed by atoms with Gasteiger partial charge in [0.15, 0.2) is 5.96 Å². The van der Waals surface area contributed by atoms with E-state index in [4.69, 9.17) is 9.47 Å². The maximum absolute atomic E-state index is 5.73. The summed E-state index contributed by atoms with van der Waals surface area (Å²) in [5.74, 6) is 1.76. The lowest BCUT2D eigenvalue weighted by atomic mass is 10.1. The predicted octanol–water partition coefficient (Wildman–Crippen LogP) is 3.83. The van der Waals surface area contributed by atoms with Crippen LogP contribution in [0.2, 0.25) is 0 Å². The second kappa shape index (κ2) is 15.1. The molecule has 0 aliphatic carbocycles. The van der Waals surface area contributed by atoms with Gasteiger partial charge in [0, 0.05) is 39.8 Å². The molecule has 1 aliphatic heterocycles. The fourth-order valence-electron chi connectivity index (χ4n) is 3.62. The SMILES string of the molecule is CCCOc1cccc(CCNC(=NC)NCc2ccccc2CN2CCOCC2)c1.I. The summed E-state index contributed by atoms with van der Waals surface area (Å²) >= 11 is 0. The molecule has 7 heteroatoms. The first kappa shape index (κ1) is 26.4. The van der Waals surface area contributed by atoms with Gasteiger partial charge in [0.2, 0.25) is 0 Å². The van der Waals surface area contributed by atoms with Gasteiger partial charge in [0.25, 0.3) is 0 Å². The van der Waals surface area contributed by atoms with Gasteiger partial charge in [-0.25, -0.2) is 0 Å². The summed E-state index contributed by atoms with van der Waals surface area (Å²) < 4.78 is 11.2. The fraction of sp³-hybridized carbons (Fsp3) is 0.480. The monoisotopic (exact) mass is 552 g/mol. The summed E-state index contributed by atoms with van der Waals surface area (Å²) in [6.07, 6.45) is 1.93. The lowest BCUT2D eigenvalue weighted by Gasteiger charge is -2.27. The molecule has 2 aromatic carbocycles. The third-order valence-electron chi connectivity index (χ3n) is 5.36. The molecule has 1 aliphatic rings. The van der Waals surface area contributed by atoms with E-state index in [9.17, 15) is 0 Å². The van der Waals surface area contributed by atoms with Crippen LogP contribution in [0, 0.1) is 0 Å². The Morgan fingerprint density at radius 2 is 1.84 bits per heavy atom. The molecule has 0 saturated carbocycles. The van der Waals surface area contributed by atoms with Crippen LogP contribution in [0.4, 0.5) is 0 Å². The smallest absolute Gasteiger partial charge is 0.191 e. The van der Waals surface area contributed by atoms with Crippen molar-refractivity contribution in [3.63, 3.8) is 0 Å². The number of rotatable bonds is 10. The van der Waals surface area contributed by atoms with Gasteiger partial charge in [-0.1, -0.05) is 43.3 Å². The second-order valence-electron chi connectivity index (χ2n) is 7.76. The zero-order valence-corrected chi connectivity index (χ0v) is 21.6. The van der Waals surface area contributed by atoms with Crippen molar-refractivity contribution in [2.75, 3.05) is 46.5 Å². The molecule has 0 amide bonds. The molecule has 0 aromatic heterocycles. The molecule has 1 saturated heterocycles. The topological polar surface area (TPSA) is 58.1 Å². The first-order chi connectivity index (χ1) is 15.3. The third kappa shape index (κ3) is 8.96. The van der Waals surface area contributed by atoms with Crippen LogP contribution in [0.15, 0.2) is 53.5 Å². The quantitative estimate of drug-likeness (QED) is 0.267. The van der Waals surface area contributed by atoms with Gasteiger partial charge in [-0.05, 0) is 41.7 Å². The standard InChI is InChI=1S/C25H36N4O2.HI/c1-3-15-31-24-10-6-7-21(18-24)11-12-27-25(26-2)28-19-22-8-4-5-9-23(22)20-29-13-16-30-17-14-29;/h4-10,18H,3,11-17,19-20H2,1-2H3,(H2,26,27,28);1H. The van der Waals surface area contributed by atoms with E-state index in [2.05, 4.69) is 69.9 Å². The lowest BCUT2D eigenvalue weighted by molar-refractivity contribution is 0.0341. The van der Waals surface area contributed by atoms with Gasteiger partial charge < -0.3 is 20.1 Å². The maximum atomic E-state index is 5.73. The molecule has 1 heterocycles. The Morgan fingerprint density at radius 1 is 1.06 bits per heavy atom.